The number of nitrogens with two attached hydrogens (primary N) is 1. The van der Waals surface area contributed by atoms with Crippen LogP contribution in [0.3, 0.4) is 0 Å². The van der Waals surface area contributed by atoms with E-state index in [0.717, 1.165) is 37.0 Å². The molecule has 3 N–H and O–H groups in total. The van der Waals surface area contributed by atoms with Crippen molar-refractivity contribution >= 4 is 55.9 Å². The van der Waals surface area contributed by atoms with Crippen molar-refractivity contribution in [3.8, 4) is 28.4 Å². The van der Waals surface area contributed by atoms with Crippen molar-refractivity contribution < 1.29 is 4.74 Å². The molecule has 5 rings (SSSR count). The molecule has 3 heterocycles. The van der Waals surface area contributed by atoms with Crippen LogP contribution in [0.2, 0.25) is 10.0 Å². The molecule has 0 aliphatic rings. The second-order valence-corrected chi connectivity index (χ2v) is 9.39. The molecule has 0 fully saturated rings. The number of hydrogen-bond donors (Lipinski definition) is 2. The van der Waals surface area contributed by atoms with Gasteiger partial charge in [0.15, 0.2) is 5.75 Å². The van der Waals surface area contributed by atoms with Gasteiger partial charge in [-0.25, -0.2) is 14.8 Å². The Morgan fingerprint density at radius 3 is 2.53 bits per heavy atom. The van der Waals surface area contributed by atoms with Crippen molar-refractivity contribution in [1.29, 1.82) is 0 Å². The normalized spacial score (nSPS) is 11.1. The molecule has 180 valence electrons. The SMILES string of the molecule is Cc1cc(-c2ccnc(Br)c2)nc2ccc(Oc3c(Cl)cc(-n4nc(N)c(=O)[nH]c4=O)cc3Cl)cc12. The van der Waals surface area contributed by atoms with E-state index in [4.69, 9.17) is 38.7 Å². The van der Waals surface area contributed by atoms with Crippen molar-refractivity contribution in [1.82, 2.24) is 24.7 Å². The van der Waals surface area contributed by atoms with E-state index in [0.29, 0.717) is 5.75 Å². The van der Waals surface area contributed by atoms with E-state index in [9.17, 15) is 9.59 Å². The number of nitrogens with zero attached hydrogens (tertiary/aromatic N) is 4. The van der Waals surface area contributed by atoms with Gasteiger partial charge >= 0.3 is 5.69 Å². The lowest BCUT2D eigenvalue weighted by atomic mass is 10.1. The van der Waals surface area contributed by atoms with Crippen molar-refractivity contribution in [3.05, 3.63) is 95.8 Å². The average molecular weight is 586 g/mol. The molecule has 5 aromatic rings. The van der Waals surface area contributed by atoms with Gasteiger partial charge in [0, 0.05) is 17.1 Å². The smallest absolute Gasteiger partial charge is 0.349 e. The van der Waals surface area contributed by atoms with Crippen LogP contribution in [0, 0.1) is 6.92 Å². The molecular weight excluding hydrogens is 571 g/mol. The molecule has 0 aliphatic carbocycles. The molecule has 0 unspecified atom stereocenters. The number of benzene rings is 2. The number of halogens is 3. The summed E-state index contributed by atoms with van der Waals surface area (Å²) >= 11 is 16.3. The molecule has 3 aromatic heterocycles. The van der Waals surface area contributed by atoms with Crippen LogP contribution in [-0.2, 0) is 0 Å². The maximum absolute atomic E-state index is 12.1. The number of aryl methyl sites for hydroxylation is 1. The van der Waals surface area contributed by atoms with Crippen LogP contribution < -0.4 is 21.7 Å². The maximum atomic E-state index is 12.1. The van der Waals surface area contributed by atoms with Crippen LogP contribution in [0.5, 0.6) is 11.5 Å². The third-order valence-corrected chi connectivity index (χ3v) is 6.31. The zero-order chi connectivity index (χ0) is 25.6. The molecule has 0 spiro atoms. The van der Waals surface area contributed by atoms with Gasteiger partial charge in [0.1, 0.15) is 10.4 Å². The van der Waals surface area contributed by atoms with Gasteiger partial charge in [-0.2, -0.15) is 4.68 Å². The third-order valence-electron chi connectivity index (χ3n) is 5.31. The van der Waals surface area contributed by atoms with Crippen molar-refractivity contribution in [2.24, 2.45) is 0 Å². The van der Waals surface area contributed by atoms with Gasteiger partial charge in [0.25, 0.3) is 5.56 Å². The number of ether oxygens (including phenoxy) is 1. The fourth-order valence-electron chi connectivity index (χ4n) is 3.62. The van der Waals surface area contributed by atoms with Gasteiger partial charge < -0.3 is 10.5 Å². The highest BCUT2D eigenvalue weighted by atomic mass is 79.9. The Labute approximate surface area is 221 Å². The molecule has 0 saturated heterocycles. The number of hydrogen-bond acceptors (Lipinski definition) is 7. The molecule has 0 aliphatic heterocycles. The van der Waals surface area contributed by atoms with E-state index in [1.807, 2.05) is 37.3 Å². The van der Waals surface area contributed by atoms with Gasteiger partial charge in [-0.15, -0.1) is 5.10 Å². The van der Waals surface area contributed by atoms with Gasteiger partial charge in [0.05, 0.1) is 26.9 Å². The van der Waals surface area contributed by atoms with Gasteiger partial charge in [-0.1, -0.05) is 23.2 Å². The van der Waals surface area contributed by atoms with E-state index in [2.05, 4.69) is 31.0 Å². The minimum Gasteiger partial charge on any atom is -0.454 e. The summed E-state index contributed by atoms with van der Waals surface area (Å²) in [4.78, 5) is 34.6. The molecule has 0 saturated carbocycles. The monoisotopic (exact) mass is 584 g/mol. The Balaban J connectivity index is 1.50. The summed E-state index contributed by atoms with van der Waals surface area (Å²) in [6.45, 7) is 1.99. The summed E-state index contributed by atoms with van der Waals surface area (Å²) in [7, 11) is 0. The number of anilines is 1. The minimum atomic E-state index is -0.786. The van der Waals surface area contributed by atoms with Crippen molar-refractivity contribution in [2.75, 3.05) is 5.73 Å². The first-order valence-corrected chi connectivity index (χ1v) is 11.9. The highest BCUT2D eigenvalue weighted by molar-refractivity contribution is 9.10. The zero-order valence-corrected chi connectivity index (χ0v) is 21.5. The van der Waals surface area contributed by atoms with Crippen LogP contribution in [0.15, 0.2) is 68.9 Å². The van der Waals surface area contributed by atoms with Crippen LogP contribution in [0.25, 0.3) is 27.8 Å². The molecule has 0 radical (unpaired) electrons. The number of H-pyrrole nitrogens is 1. The summed E-state index contributed by atoms with van der Waals surface area (Å²) in [5.41, 5.74) is 7.73. The lowest BCUT2D eigenvalue weighted by Crippen LogP contribution is -2.33. The fraction of sp³-hybridized carbons (Fsp3) is 0.0417. The molecular formula is C24H15BrCl2N6O3. The second kappa shape index (κ2) is 9.38. The highest BCUT2D eigenvalue weighted by Gasteiger charge is 2.15. The Morgan fingerprint density at radius 2 is 1.81 bits per heavy atom. The first-order chi connectivity index (χ1) is 17.2. The predicted molar refractivity (Wildman–Crippen MR) is 142 cm³/mol. The van der Waals surface area contributed by atoms with Crippen molar-refractivity contribution in [2.45, 2.75) is 6.92 Å². The molecule has 9 nitrogen and oxygen atoms in total. The maximum Gasteiger partial charge on any atom is 0.349 e. The largest absolute Gasteiger partial charge is 0.454 e. The number of rotatable bonds is 4. The van der Waals surface area contributed by atoms with Crippen LogP contribution in [-0.4, -0.2) is 24.7 Å². The lowest BCUT2D eigenvalue weighted by molar-refractivity contribution is 0.483. The second-order valence-electron chi connectivity index (χ2n) is 7.77. The van der Waals surface area contributed by atoms with Crippen LogP contribution in [0.4, 0.5) is 5.82 Å². The van der Waals surface area contributed by atoms with E-state index in [1.54, 1.807) is 12.3 Å². The molecule has 0 atom stereocenters. The molecule has 12 heteroatoms. The summed E-state index contributed by atoms with van der Waals surface area (Å²) in [6, 6.07) is 14.1. The number of fused-ring (bicyclic) bond motifs is 1. The summed E-state index contributed by atoms with van der Waals surface area (Å²) in [6.07, 6.45) is 1.72. The number of pyridine rings is 2. The molecule has 0 bridgehead atoms. The van der Waals surface area contributed by atoms with Gasteiger partial charge in [0.2, 0.25) is 5.82 Å². The van der Waals surface area contributed by atoms with E-state index in [-0.39, 0.29) is 27.3 Å². The van der Waals surface area contributed by atoms with E-state index < -0.39 is 11.2 Å². The first kappa shape index (κ1) is 24.0. The lowest BCUT2D eigenvalue weighted by Gasteiger charge is -2.13. The number of nitrogen functional groups attached to an aromatic ring is 1. The predicted octanol–water partition coefficient (Wildman–Crippen LogP) is 5.28. The van der Waals surface area contributed by atoms with Crippen LogP contribution >= 0.6 is 39.1 Å². The van der Waals surface area contributed by atoms with E-state index >= 15 is 0 Å². The number of aromatic amines is 1. The molecule has 0 amide bonds. The number of nitrogens with one attached hydrogen (secondary N) is 1. The first-order valence-electron chi connectivity index (χ1n) is 10.4. The topological polar surface area (TPSA) is 129 Å². The minimum absolute atomic E-state index is 0.129. The summed E-state index contributed by atoms with van der Waals surface area (Å²) in [5.74, 6) is 0.310. The zero-order valence-electron chi connectivity index (χ0n) is 18.4. The third kappa shape index (κ3) is 4.58. The average Bonchev–Trinajstić information content (AvgIpc) is 2.83. The Kier molecular flexibility index (Phi) is 6.25. The van der Waals surface area contributed by atoms with Crippen LogP contribution in [0.1, 0.15) is 5.56 Å². The standard InChI is InChI=1S/C24H15BrCl2N6O3/c1-11-6-19(12-4-5-29-20(25)7-12)30-18-3-2-14(10-15(11)18)36-21-16(26)8-13(9-17(21)27)33-24(35)31-23(34)22(28)32-33/h2-10H,1H3,(H2,28,32)(H,31,34,35). The summed E-state index contributed by atoms with van der Waals surface area (Å²) < 4.78 is 7.62. The van der Waals surface area contributed by atoms with E-state index in [1.165, 1.54) is 12.1 Å². The molecule has 36 heavy (non-hydrogen) atoms. The van der Waals surface area contributed by atoms with Gasteiger partial charge in [-0.05, 0) is 76.9 Å². The quantitative estimate of drug-likeness (QED) is 0.274. The fourth-order valence-corrected chi connectivity index (χ4v) is 4.54. The summed E-state index contributed by atoms with van der Waals surface area (Å²) in [5, 5.41) is 4.94. The molecule has 2 aromatic carbocycles. The Bertz CT molecular complexity index is 1760. The van der Waals surface area contributed by atoms with Gasteiger partial charge in [-0.3, -0.25) is 9.78 Å². The Morgan fingerprint density at radius 1 is 1.06 bits per heavy atom. The highest BCUT2D eigenvalue weighted by Crippen LogP contribution is 2.39. The number of aromatic nitrogens is 5. The van der Waals surface area contributed by atoms with Crippen molar-refractivity contribution in [3.63, 3.8) is 0 Å². The Hall–Kier alpha value is -3.73.